The quantitative estimate of drug-likeness (QED) is 0.801. The van der Waals surface area contributed by atoms with Gasteiger partial charge in [0.05, 0.1) is 6.20 Å². The van der Waals surface area contributed by atoms with E-state index in [0.717, 1.165) is 12.0 Å². The van der Waals surface area contributed by atoms with Crippen molar-refractivity contribution in [3.05, 3.63) is 42.5 Å². The van der Waals surface area contributed by atoms with Gasteiger partial charge in [0.15, 0.2) is 0 Å². The van der Waals surface area contributed by atoms with Crippen molar-refractivity contribution in [1.82, 2.24) is 19.1 Å². The molecule has 0 saturated carbocycles. The minimum Gasteiger partial charge on any atom is -0.330 e. The van der Waals surface area contributed by atoms with Gasteiger partial charge in [-0.05, 0) is 30.7 Å². The maximum Gasteiger partial charge on any atom is 0.246 e. The largest absolute Gasteiger partial charge is 0.330 e. The van der Waals surface area contributed by atoms with E-state index in [1.807, 2.05) is 0 Å². The van der Waals surface area contributed by atoms with Gasteiger partial charge in [0, 0.05) is 38.7 Å². The number of aromatic nitrogens is 3. The van der Waals surface area contributed by atoms with Crippen molar-refractivity contribution in [2.75, 3.05) is 13.6 Å². The summed E-state index contributed by atoms with van der Waals surface area (Å²) < 4.78 is 27.8. The van der Waals surface area contributed by atoms with E-state index in [4.69, 9.17) is 5.73 Å². The second-order valence-corrected chi connectivity index (χ2v) is 6.74. The van der Waals surface area contributed by atoms with Crippen molar-refractivity contribution in [3.63, 3.8) is 0 Å². The predicted molar refractivity (Wildman–Crippen MR) is 78.8 cm³/mol. The third-order valence-corrected chi connectivity index (χ3v) is 4.82. The van der Waals surface area contributed by atoms with Crippen LogP contribution in [0.2, 0.25) is 0 Å². The third-order valence-electron chi connectivity index (χ3n) is 3.06. The molecule has 0 unspecified atom stereocenters. The first-order valence-corrected chi connectivity index (χ1v) is 8.06. The van der Waals surface area contributed by atoms with Gasteiger partial charge in [-0.15, -0.1) is 0 Å². The highest BCUT2D eigenvalue weighted by atomic mass is 32.2. The smallest absolute Gasteiger partial charge is 0.246 e. The molecule has 0 bridgehead atoms. The number of sulfonamides is 1. The summed E-state index contributed by atoms with van der Waals surface area (Å²) in [6, 6.07) is 3.58. The number of pyridine rings is 1. The summed E-state index contributed by atoms with van der Waals surface area (Å²) in [4.78, 5) is 4.10. The van der Waals surface area contributed by atoms with E-state index in [1.165, 1.54) is 16.7 Å². The highest BCUT2D eigenvalue weighted by Crippen LogP contribution is 2.15. The van der Waals surface area contributed by atoms with Crippen molar-refractivity contribution < 1.29 is 8.42 Å². The highest BCUT2D eigenvalue weighted by Gasteiger charge is 2.22. The SMILES string of the molecule is CN(Cc1ccncc1)S(=O)(=O)c1cnn(CCCN)c1. The number of hydrogen-bond donors (Lipinski definition) is 1. The summed E-state index contributed by atoms with van der Waals surface area (Å²) >= 11 is 0. The van der Waals surface area contributed by atoms with Crippen LogP contribution < -0.4 is 5.73 Å². The number of rotatable bonds is 7. The van der Waals surface area contributed by atoms with E-state index >= 15 is 0 Å². The summed E-state index contributed by atoms with van der Waals surface area (Å²) in [7, 11) is -1.99. The van der Waals surface area contributed by atoms with Crippen molar-refractivity contribution >= 4 is 10.0 Å². The summed E-state index contributed by atoms with van der Waals surface area (Å²) in [6.07, 6.45) is 6.94. The standard InChI is InChI=1S/C13H19N5O2S/c1-17(10-12-3-6-15-7-4-12)21(19,20)13-9-16-18(11-13)8-2-5-14/h3-4,6-7,9,11H,2,5,8,10,14H2,1H3. The van der Waals surface area contributed by atoms with Crippen LogP contribution in [0, 0.1) is 0 Å². The molecule has 2 heterocycles. The Labute approximate surface area is 124 Å². The number of aryl methyl sites for hydroxylation is 1. The van der Waals surface area contributed by atoms with Crippen LogP contribution in [0.25, 0.3) is 0 Å². The Hall–Kier alpha value is -1.77. The van der Waals surface area contributed by atoms with Crippen LogP contribution in [-0.4, -0.2) is 41.1 Å². The summed E-state index contributed by atoms with van der Waals surface area (Å²) in [5.74, 6) is 0. The van der Waals surface area contributed by atoms with Gasteiger partial charge in [-0.3, -0.25) is 9.67 Å². The molecular formula is C13H19N5O2S. The zero-order valence-electron chi connectivity index (χ0n) is 11.9. The van der Waals surface area contributed by atoms with Crippen molar-refractivity contribution in [3.8, 4) is 0 Å². The number of nitrogens with two attached hydrogens (primary N) is 1. The molecule has 114 valence electrons. The topological polar surface area (TPSA) is 94.1 Å². The lowest BCUT2D eigenvalue weighted by atomic mass is 10.3. The maximum absolute atomic E-state index is 12.5. The molecule has 2 aromatic heterocycles. The first-order chi connectivity index (χ1) is 10.0. The van der Waals surface area contributed by atoms with Crippen LogP contribution in [-0.2, 0) is 23.1 Å². The molecule has 2 aromatic rings. The fourth-order valence-corrected chi connectivity index (χ4v) is 2.98. The van der Waals surface area contributed by atoms with Gasteiger partial charge >= 0.3 is 0 Å². The average molecular weight is 309 g/mol. The lowest BCUT2D eigenvalue weighted by Crippen LogP contribution is -2.26. The zero-order chi connectivity index (χ0) is 15.3. The molecule has 0 spiro atoms. The lowest BCUT2D eigenvalue weighted by Gasteiger charge is -2.15. The Morgan fingerprint density at radius 2 is 2.05 bits per heavy atom. The van der Waals surface area contributed by atoms with Crippen LogP contribution in [0.15, 0.2) is 41.8 Å². The Balaban J connectivity index is 2.11. The molecule has 8 heteroatoms. The summed E-state index contributed by atoms with van der Waals surface area (Å²) in [6.45, 7) is 1.45. The van der Waals surface area contributed by atoms with Gasteiger partial charge in [0.25, 0.3) is 0 Å². The third kappa shape index (κ3) is 3.87. The van der Waals surface area contributed by atoms with E-state index in [0.29, 0.717) is 19.6 Å². The fraction of sp³-hybridized carbons (Fsp3) is 0.385. The monoisotopic (exact) mass is 309 g/mol. The molecule has 0 aliphatic carbocycles. The molecule has 21 heavy (non-hydrogen) atoms. The maximum atomic E-state index is 12.5. The van der Waals surface area contributed by atoms with Crippen LogP contribution in [0.1, 0.15) is 12.0 Å². The number of hydrogen-bond acceptors (Lipinski definition) is 5. The van der Waals surface area contributed by atoms with E-state index in [9.17, 15) is 8.42 Å². The second kappa shape index (κ2) is 6.79. The van der Waals surface area contributed by atoms with E-state index < -0.39 is 10.0 Å². The predicted octanol–water partition coefficient (Wildman–Crippen LogP) is 0.448. The molecule has 0 atom stereocenters. The van der Waals surface area contributed by atoms with Crippen molar-refractivity contribution in [2.24, 2.45) is 5.73 Å². The summed E-state index contributed by atoms with van der Waals surface area (Å²) in [5, 5.41) is 4.05. The molecule has 2 N–H and O–H groups in total. The first kappa shape index (κ1) is 15.6. The van der Waals surface area contributed by atoms with Crippen LogP contribution in [0.5, 0.6) is 0 Å². The molecule has 0 amide bonds. The molecule has 0 aromatic carbocycles. The molecule has 0 aliphatic rings. The Morgan fingerprint density at radius 3 is 2.71 bits per heavy atom. The minimum atomic E-state index is -3.54. The number of nitrogens with zero attached hydrogens (tertiary/aromatic N) is 4. The van der Waals surface area contributed by atoms with Crippen LogP contribution in [0.4, 0.5) is 0 Å². The van der Waals surface area contributed by atoms with Crippen molar-refractivity contribution in [2.45, 2.75) is 24.4 Å². The van der Waals surface area contributed by atoms with E-state index in [2.05, 4.69) is 10.1 Å². The van der Waals surface area contributed by atoms with Gasteiger partial charge in [-0.1, -0.05) is 0 Å². The van der Waals surface area contributed by atoms with Crippen molar-refractivity contribution in [1.29, 1.82) is 0 Å². The molecule has 0 aliphatic heterocycles. The van der Waals surface area contributed by atoms with Gasteiger partial charge in [-0.25, -0.2) is 8.42 Å². The second-order valence-electron chi connectivity index (χ2n) is 4.70. The van der Waals surface area contributed by atoms with Crippen LogP contribution in [0.3, 0.4) is 0 Å². The normalized spacial score (nSPS) is 12.0. The van der Waals surface area contributed by atoms with Crippen LogP contribution >= 0.6 is 0 Å². The zero-order valence-corrected chi connectivity index (χ0v) is 12.7. The average Bonchev–Trinajstić information content (AvgIpc) is 2.95. The van der Waals surface area contributed by atoms with Gasteiger partial charge in [0.1, 0.15) is 4.90 Å². The molecular weight excluding hydrogens is 290 g/mol. The van der Waals surface area contributed by atoms with E-state index in [1.54, 1.807) is 36.3 Å². The molecule has 0 radical (unpaired) electrons. The molecule has 0 fully saturated rings. The van der Waals surface area contributed by atoms with Gasteiger partial charge in [0.2, 0.25) is 10.0 Å². The lowest BCUT2D eigenvalue weighted by molar-refractivity contribution is 0.466. The first-order valence-electron chi connectivity index (χ1n) is 6.62. The Morgan fingerprint density at radius 1 is 1.33 bits per heavy atom. The molecule has 7 nitrogen and oxygen atoms in total. The Kier molecular flexibility index (Phi) is 5.05. The van der Waals surface area contributed by atoms with Gasteiger partial charge in [-0.2, -0.15) is 9.40 Å². The molecule has 0 saturated heterocycles. The highest BCUT2D eigenvalue weighted by molar-refractivity contribution is 7.89. The molecule has 2 rings (SSSR count). The fourth-order valence-electron chi connectivity index (χ4n) is 1.86. The van der Waals surface area contributed by atoms with Gasteiger partial charge < -0.3 is 5.73 Å². The summed E-state index contributed by atoms with van der Waals surface area (Å²) in [5.41, 5.74) is 6.31. The van der Waals surface area contributed by atoms with E-state index in [-0.39, 0.29) is 4.90 Å². The minimum absolute atomic E-state index is 0.191. The Bertz CT molecular complexity index is 669.